The minimum atomic E-state index is -0.398. The van der Waals surface area contributed by atoms with E-state index < -0.39 is 5.97 Å². The van der Waals surface area contributed by atoms with E-state index in [1.807, 2.05) is 18.2 Å². The van der Waals surface area contributed by atoms with E-state index in [2.05, 4.69) is 34.4 Å². The Labute approximate surface area is 160 Å². The number of amides is 1. The van der Waals surface area contributed by atoms with Crippen LogP contribution in [0.15, 0.2) is 30.3 Å². The Morgan fingerprint density at radius 1 is 1.19 bits per heavy atom. The second kappa shape index (κ2) is 9.92. The van der Waals surface area contributed by atoms with Gasteiger partial charge in [-0.25, -0.2) is 4.79 Å². The first kappa shape index (κ1) is 20.7. The van der Waals surface area contributed by atoms with Crippen molar-refractivity contribution < 1.29 is 14.3 Å². The van der Waals surface area contributed by atoms with E-state index in [-0.39, 0.29) is 5.91 Å². The first-order valence-electron chi connectivity index (χ1n) is 9.31. The Bertz CT molecular complexity index is 768. The normalized spacial score (nSPS) is 10.9. The summed E-state index contributed by atoms with van der Waals surface area (Å²) in [6, 6.07) is 10.3. The molecule has 0 fully saturated rings. The molecule has 1 amide bonds. The fourth-order valence-electron chi connectivity index (χ4n) is 3.10. The molecule has 1 heterocycles. The Morgan fingerprint density at radius 2 is 1.89 bits per heavy atom. The van der Waals surface area contributed by atoms with E-state index in [0.717, 1.165) is 19.5 Å². The van der Waals surface area contributed by atoms with Gasteiger partial charge in [0.2, 0.25) is 0 Å². The zero-order valence-electron chi connectivity index (χ0n) is 16.6. The molecule has 27 heavy (non-hydrogen) atoms. The number of hydrogen-bond acceptors (Lipinski definition) is 4. The summed E-state index contributed by atoms with van der Waals surface area (Å²) in [6.45, 7) is 7.94. The summed E-state index contributed by atoms with van der Waals surface area (Å²) < 4.78 is 5.06. The molecule has 0 aliphatic carbocycles. The number of aromatic amines is 1. The van der Waals surface area contributed by atoms with Crippen LogP contribution < -0.4 is 5.32 Å². The zero-order chi connectivity index (χ0) is 19.8. The lowest BCUT2D eigenvalue weighted by Gasteiger charge is -2.16. The molecule has 1 aromatic carbocycles. The van der Waals surface area contributed by atoms with Crippen molar-refractivity contribution >= 4 is 11.9 Å². The maximum absolute atomic E-state index is 12.4. The van der Waals surface area contributed by atoms with E-state index in [9.17, 15) is 9.59 Å². The third kappa shape index (κ3) is 5.69. The lowest BCUT2D eigenvalue weighted by atomic mass is 10.1. The molecular weight excluding hydrogens is 342 g/mol. The third-order valence-corrected chi connectivity index (χ3v) is 4.44. The van der Waals surface area contributed by atoms with Gasteiger partial charge in [0.1, 0.15) is 5.69 Å². The van der Waals surface area contributed by atoms with Gasteiger partial charge in [0.15, 0.2) is 0 Å². The van der Waals surface area contributed by atoms with Crippen LogP contribution in [0.5, 0.6) is 0 Å². The van der Waals surface area contributed by atoms with Crippen molar-refractivity contribution in [1.82, 2.24) is 15.2 Å². The molecule has 0 saturated carbocycles. The Hall–Kier alpha value is -2.60. The van der Waals surface area contributed by atoms with Gasteiger partial charge in [-0.2, -0.15) is 0 Å². The van der Waals surface area contributed by atoms with Gasteiger partial charge in [-0.1, -0.05) is 30.3 Å². The molecule has 2 N–H and O–H groups in total. The number of aromatic nitrogens is 1. The van der Waals surface area contributed by atoms with E-state index in [0.29, 0.717) is 35.7 Å². The number of nitrogens with one attached hydrogen (secondary N) is 2. The number of nitrogens with zero attached hydrogens (tertiary/aromatic N) is 1. The number of carbonyl (C=O) groups is 2. The van der Waals surface area contributed by atoms with E-state index >= 15 is 0 Å². The largest absolute Gasteiger partial charge is 0.462 e. The highest BCUT2D eigenvalue weighted by Crippen LogP contribution is 2.19. The number of aryl methyl sites for hydroxylation is 1. The predicted octanol–water partition coefficient (Wildman–Crippen LogP) is 3.06. The number of hydrogen-bond donors (Lipinski definition) is 2. The molecule has 146 valence electrons. The van der Waals surface area contributed by atoms with Crippen LogP contribution in [0.25, 0.3) is 0 Å². The van der Waals surface area contributed by atoms with E-state index in [1.165, 1.54) is 5.56 Å². The SMILES string of the molecule is CCOC(=O)c1c(C)[nH]c(C(=O)NCCCN(C)Cc2ccccc2)c1C. The van der Waals surface area contributed by atoms with Crippen LogP contribution >= 0.6 is 0 Å². The number of ether oxygens (including phenoxy) is 1. The second-order valence-electron chi connectivity index (χ2n) is 6.68. The highest BCUT2D eigenvalue weighted by atomic mass is 16.5. The zero-order valence-corrected chi connectivity index (χ0v) is 16.6. The van der Waals surface area contributed by atoms with Crippen LogP contribution in [0.1, 0.15) is 51.0 Å². The molecular formula is C21H29N3O3. The van der Waals surface area contributed by atoms with Gasteiger partial charge in [-0.3, -0.25) is 4.79 Å². The molecule has 0 bridgehead atoms. The summed E-state index contributed by atoms with van der Waals surface area (Å²) in [5, 5.41) is 2.92. The van der Waals surface area contributed by atoms with Gasteiger partial charge < -0.3 is 19.9 Å². The molecule has 0 atom stereocenters. The van der Waals surface area contributed by atoms with Crippen molar-refractivity contribution in [2.75, 3.05) is 26.7 Å². The molecule has 0 radical (unpaired) electrons. The minimum Gasteiger partial charge on any atom is -0.462 e. The van der Waals surface area contributed by atoms with Crippen molar-refractivity contribution in [2.24, 2.45) is 0 Å². The Balaban J connectivity index is 1.82. The van der Waals surface area contributed by atoms with Gasteiger partial charge in [0, 0.05) is 18.8 Å². The van der Waals surface area contributed by atoms with Crippen LogP contribution in [-0.4, -0.2) is 48.5 Å². The number of H-pyrrole nitrogens is 1. The van der Waals surface area contributed by atoms with Crippen LogP contribution in [0, 0.1) is 13.8 Å². The predicted molar refractivity (Wildman–Crippen MR) is 106 cm³/mol. The molecule has 0 aliphatic heterocycles. The summed E-state index contributed by atoms with van der Waals surface area (Å²) in [5.74, 6) is -0.595. The first-order valence-corrected chi connectivity index (χ1v) is 9.31. The van der Waals surface area contributed by atoms with Gasteiger partial charge in [0.05, 0.1) is 12.2 Å². The number of esters is 1. The quantitative estimate of drug-likeness (QED) is 0.525. The second-order valence-corrected chi connectivity index (χ2v) is 6.68. The highest BCUT2D eigenvalue weighted by Gasteiger charge is 2.22. The molecule has 0 saturated heterocycles. The maximum atomic E-state index is 12.4. The molecule has 0 unspecified atom stereocenters. The standard InChI is InChI=1S/C21H29N3O3/c1-5-27-21(26)18-15(2)19(23-16(18)3)20(25)22-12-9-13-24(4)14-17-10-7-6-8-11-17/h6-8,10-11,23H,5,9,12-14H2,1-4H3,(H,22,25). The molecule has 0 aliphatic rings. The van der Waals surface area contributed by atoms with Crippen LogP contribution in [0.2, 0.25) is 0 Å². The monoisotopic (exact) mass is 371 g/mol. The Kier molecular flexibility index (Phi) is 7.61. The molecule has 6 heteroatoms. The molecule has 2 aromatic rings. The average Bonchev–Trinajstić information content (AvgIpc) is 2.94. The summed E-state index contributed by atoms with van der Waals surface area (Å²) in [5.41, 5.74) is 3.43. The van der Waals surface area contributed by atoms with Gasteiger partial charge in [-0.05, 0) is 51.9 Å². The summed E-state index contributed by atoms with van der Waals surface area (Å²) >= 11 is 0. The minimum absolute atomic E-state index is 0.197. The topological polar surface area (TPSA) is 74.4 Å². The van der Waals surface area contributed by atoms with Crippen molar-refractivity contribution in [3.05, 3.63) is 58.4 Å². The van der Waals surface area contributed by atoms with E-state index in [1.54, 1.807) is 20.8 Å². The molecule has 2 rings (SSSR count). The van der Waals surface area contributed by atoms with Gasteiger partial charge >= 0.3 is 5.97 Å². The number of rotatable bonds is 9. The number of benzene rings is 1. The fraction of sp³-hybridized carbons (Fsp3) is 0.429. The van der Waals surface area contributed by atoms with Crippen LogP contribution in [0.4, 0.5) is 0 Å². The molecule has 0 spiro atoms. The van der Waals surface area contributed by atoms with Gasteiger partial charge in [-0.15, -0.1) is 0 Å². The van der Waals surface area contributed by atoms with Crippen LogP contribution in [-0.2, 0) is 11.3 Å². The number of carbonyl (C=O) groups excluding carboxylic acids is 2. The summed E-state index contributed by atoms with van der Waals surface area (Å²) in [4.78, 5) is 29.7. The van der Waals surface area contributed by atoms with E-state index in [4.69, 9.17) is 4.74 Å². The van der Waals surface area contributed by atoms with Crippen molar-refractivity contribution in [3.8, 4) is 0 Å². The molecule has 1 aromatic heterocycles. The summed E-state index contributed by atoms with van der Waals surface area (Å²) in [6.07, 6.45) is 0.846. The lowest BCUT2D eigenvalue weighted by molar-refractivity contribution is 0.0525. The summed E-state index contributed by atoms with van der Waals surface area (Å²) in [7, 11) is 2.07. The molecule has 6 nitrogen and oxygen atoms in total. The lowest BCUT2D eigenvalue weighted by Crippen LogP contribution is -2.28. The third-order valence-electron chi connectivity index (χ3n) is 4.44. The van der Waals surface area contributed by atoms with Crippen molar-refractivity contribution in [1.29, 1.82) is 0 Å². The fourth-order valence-corrected chi connectivity index (χ4v) is 3.10. The first-order chi connectivity index (χ1) is 12.9. The van der Waals surface area contributed by atoms with Crippen LogP contribution in [0.3, 0.4) is 0 Å². The Morgan fingerprint density at radius 3 is 2.56 bits per heavy atom. The average molecular weight is 371 g/mol. The van der Waals surface area contributed by atoms with Crippen molar-refractivity contribution in [2.45, 2.75) is 33.7 Å². The van der Waals surface area contributed by atoms with Gasteiger partial charge in [0.25, 0.3) is 5.91 Å². The highest BCUT2D eigenvalue weighted by molar-refractivity contribution is 6.00. The van der Waals surface area contributed by atoms with Crippen molar-refractivity contribution in [3.63, 3.8) is 0 Å². The smallest absolute Gasteiger partial charge is 0.340 e. The maximum Gasteiger partial charge on any atom is 0.340 e.